The van der Waals surface area contributed by atoms with Gasteiger partial charge in [0.1, 0.15) is 0 Å². The number of amides is 1. The normalized spacial score (nSPS) is 18.0. The number of carbonyl (C=O) groups excluding carboxylic acids is 2. The van der Waals surface area contributed by atoms with Gasteiger partial charge in [0, 0.05) is 13.0 Å². The molecular weight excluding hydrogens is 268 g/mol. The van der Waals surface area contributed by atoms with Crippen molar-refractivity contribution >= 4 is 11.9 Å². The summed E-state index contributed by atoms with van der Waals surface area (Å²) in [4.78, 5) is 23.2. The zero-order chi connectivity index (χ0) is 15.1. The van der Waals surface area contributed by atoms with Crippen LogP contribution in [0.2, 0.25) is 0 Å². The van der Waals surface area contributed by atoms with E-state index in [2.05, 4.69) is 15.4 Å². The van der Waals surface area contributed by atoms with Gasteiger partial charge in [0.2, 0.25) is 5.91 Å². The number of methoxy groups -OCH3 is 1. The summed E-state index contributed by atoms with van der Waals surface area (Å²) in [6, 6.07) is 7.07. The summed E-state index contributed by atoms with van der Waals surface area (Å²) >= 11 is 0. The van der Waals surface area contributed by atoms with E-state index in [1.54, 1.807) is 12.1 Å². The number of piperidine rings is 1. The quantitative estimate of drug-likeness (QED) is 0.806. The van der Waals surface area contributed by atoms with Crippen LogP contribution in [0.25, 0.3) is 0 Å². The molecule has 0 spiro atoms. The summed E-state index contributed by atoms with van der Waals surface area (Å²) in [5.74, 6) is 0.177. The second-order valence-electron chi connectivity index (χ2n) is 5.38. The Kier molecular flexibility index (Phi) is 5.75. The van der Waals surface area contributed by atoms with Crippen molar-refractivity contribution in [3.8, 4) is 0 Å². The fraction of sp³-hybridized carbons (Fsp3) is 0.500. The van der Waals surface area contributed by atoms with E-state index < -0.39 is 0 Å². The largest absolute Gasteiger partial charge is 0.465 e. The molecule has 21 heavy (non-hydrogen) atoms. The van der Waals surface area contributed by atoms with Crippen molar-refractivity contribution in [3.63, 3.8) is 0 Å². The van der Waals surface area contributed by atoms with Crippen molar-refractivity contribution in [2.24, 2.45) is 5.92 Å². The molecule has 1 aromatic carbocycles. The molecule has 1 aromatic rings. The Morgan fingerprint density at radius 2 is 2.10 bits per heavy atom. The Morgan fingerprint density at radius 3 is 2.71 bits per heavy atom. The first kappa shape index (κ1) is 15.5. The van der Waals surface area contributed by atoms with Crippen LogP contribution in [0, 0.1) is 5.92 Å². The van der Waals surface area contributed by atoms with Crippen molar-refractivity contribution in [2.75, 3.05) is 20.2 Å². The number of nitrogens with one attached hydrogen (secondary N) is 2. The molecule has 1 aliphatic heterocycles. The first-order chi connectivity index (χ1) is 10.2. The van der Waals surface area contributed by atoms with Gasteiger partial charge < -0.3 is 15.4 Å². The minimum Gasteiger partial charge on any atom is -0.465 e. The number of hydrogen-bond donors (Lipinski definition) is 2. The van der Waals surface area contributed by atoms with E-state index in [0.717, 1.165) is 31.5 Å². The van der Waals surface area contributed by atoms with Gasteiger partial charge in [-0.25, -0.2) is 4.79 Å². The van der Waals surface area contributed by atoms with Crippen LogP contribution in [0.3, 0.4) is 0 Å². The molecule has 1 heterocycles. The molecule has 2 N–H and O–H groups in total. The standard InChI is InChI=1S/C16H22N2O3/c1-21-16(20)14-6-4-12(5-7-14)11-18-15(19)9-13-3-2-8-17-10-13/h4-7,13,17H,2-3,8-11H2,1H3,(H,18,19). The van der Waals surface area contributed by atoms with Gasteiger partial charge in [-0.05, 0) is 49.5 Å². The summed E-state index contributed by atoms with van der Waals surface area (Å²) in [6.45, 7) is 2.48. The molecule has 0 saturated carbocycles. The SMILES string of the molecule is COC(=O)c1ccc(CNC(=O)CC2CCCNC2)cc1. The Balaban J connectivity index is 1.76. The van der Waals surface area contributed by atoms with Crippen LogP contribution in [-0.2, 0) is 16.1 Å². The fourth-order valence-corrected chi connectivity index (χ4v) is 2.51. The van der Waals surface area contributed by atoms with Gasteiger partial charge in [0.05, 0.1) is 12.7 Å². The second-order valence-corrected chi connectivity index (χ2v) is 5.38. The third-order valence-corrected chi connectivity index (χ3v) is 3.74. The third-order valence-electron chi connectivity index (χ3n) is 3.74. The van der Waals surface area contributed by atoms with Gasteiger partial charge in [-0.15, -0.1) is 0 Å². The Labute approximate surface area is 125 Å². The van der Waals surface area contributed by atoms with Gasteiger partial charge in [-0.3, -0.25) is 4.79 Å². The molecule has 1 fully saturated rings. The van der Waals surface area contributed by atoms with Crippen LogP contribution >= 0.6 is 0 Å². The van der Waals surface area contributed by atoms with Crippen molar-refractivity contribution in [2.45, 2.75) is 25.8 Å². The lowest BCUT2D eigenvalue weighted by Crippen LogP contribution is -2.34. The Bertz CT molecular complexity index is 479. The molecule has 2 rings (SSSR count). The first-order valence-electron chi connectivity index (χ1n) is 7.33. The van der Waals surface area contributed by atoms with Crippen molar-refractivity contribution in [1.29, 1.82) is 0 Å². The van der Waals surface area contributed by atoms with Crippen LogP contribution in [-0.4, -0.2) is 32.1 Å². The topological polar surface area (TPSA) is 67.4 Å². The average Bonchev–Trinajstić information content (AvgIpc) is 2.53. The smallest absolute Gasteiger partial charge is 0.337 e. The molecule has 1 unspecified atom stereocenters. The monoisotopic (exact) mass is 290 g/mol. The van der Waals surface area contributed by atoms with E-state index in [1.165, 1.54) is 7.11 Å². The maximum absolute atomic E-state index is 11.9. The lowest BCUT2D eigenvalue weighted by Gasteiger charge is -2.22. The number of benzene rings is 1. The maximum atomic E-state index is 11.9. The van der Waals surface area contributed by atoms with E-state index in [9.17, 15) is 9.59 Å². The van der Waals surface area contributed by atoms with Crippen molar-refractivity contribution in [1.82, 2.24) is 10.6 Å². The fourth-order valence-electron chi connectivity index (χ4n) is 2.51. The van der Waals surface area contributed by atoms with Crippen LogP contribution in [0.5, 0.6) is 0 Å². The van der Waals surface area contributed by atoms with Gasteiger partial charge in [0.15, 0.2) is 0 Å². The highest BCUT2D eigenvalue weighted by Crippen LogP contribution is 2.13. The lowest BCUT2D eigenvalue weighted by atomic mass is 9.96. The summed E-state index contributed by atoms with van der Waals surface area (Å²) in [6.07, 6.45) is 2.84. The zero-order valence-electron chi connectivity index (χ0n) is 12.4. The summed E-state index contributed by atoms with van der Waals surface area (Å²) in [5, 5.41) is 6.24. The molecule has 5 nitrogen and oxygen atoms in total. The van der Waals surface area contributed by atoms with Crippen LogP contribution in [0.4, 0.5) is 0 Å². The number of carbonyl (C=O) groups is 2. The van der Waals surface area contributed by atoms with Crippen LogP contribution in [0.1, 0.15) is 35.2 Å². The molecule has 1 aliphatic rings. The van der Waals surface area contributed by atoms with Gasteiger partial charge in [0.25, 0.3) is 0 Å². The van der Waals surface area contributed by atoms with Gasteiger partial charge in [-0.1, -0.05) is 12.1 Å². The summed E-state index contributed by atoms with van der Waals surface area (Å²) in [5.41, 5.74) is 1.48. The predicted molar refractivity (Wildman–Crippen MR) is 79.8 cm³/mol. The number of rotatable bonds is 5. The van der Waals surface area contributed by atoms with Gasteiger partial charge >= 0.3 is 5.97 Å². The minimum absolute atomic E-state index is 0.0840. The molecule has 1 saturated heterocycles. The highest BCUT2D eigenvalue weighted by atomic mass is 16.5. The van der Waals surface area contributed by atoms with E-state index >= 15 is 0 Å². The van der Waals surface area contributed by atoms with Gasteiger partial charge in [-0.2, -0.15) is 0 Å². The highest BCUT2D eigenvalue weighted by Gasteiger charge is 2.16. The Morgan fingerprint density at radius 1 is 1.33 bits per heavy atom. The first-order valence-corrected chi connectivity index (χ1v) is 7.33. The number of hydrogen-bond acceptors (Lipinski definition) is 4. The lowest BCUT2D eigenvalue weighted by molar-refractivity contribution is -0.122. The maximum Gasteiger partial charge on any atom is 0.337 e. The molecule has 0 bridgehead atoms. The number of esters is 1. The minimum atomic E-state index is -0.351. The predicted octanol–water partition coefficient (Wildman–Crippen LogP) is 1.48. The Hall–Kier alpha value is -1.88. The molecule has 0 aliphatic carbocycles. The second kappa shape index (κ2) is 7.78. The van der Waals surface area contributed by atoms with E-state index in [4.69, 9.17) is 0 Å². The zero-order valence-corrected chi connectivity index (χ0v) is 12.4. The van der Waals surface area contributed by atoms with Crippen LogP contribution < -0.4 is 10.6 Å². The average molecular weight is 290 g/mol. The molecule has 0 aromatic heterocycles. The molecule has 0 radical (unpaired) electrons. The van der Waals surface area contributed by atoms with E-state index in [-0.39, 0.29) is 11.9 Å². The van der Waals surface area contributed by atoms with E-state index in [1.807, 2.05) is 12.1 Å². The molecule has 5 heteroatoms. The molecule has 114 valence electrons. The molecular formula is C16H22N2O3. The highest BCUT2D eigenvalue weighted by molar-refractivity contribution is 5.89. The van der Waals surface area contributed by atoms with Crippen molar-refractivity contribution in [3.05, 3.63) is 35.4 Å². The summed E-state index contributed by atoms with van der Waals surface area (Å²) < 4.78 is 4.64. The third kappa shape index (κ3) is 4.86. The van der Waals surface area contributed by atoms with Crippen molar-refractivity contribution < 1.29 is 14.3 Å². The summed E-state index contributed by atoms with van der Waals surface area (Å²) in [7, 11) is 1.36. The molecule has 1 atom stereocenters. The number of ether oxygens (including phenoxy) is 1. The molecule has 1 amide bonds. The van der Waals surface area contributed by atoms with Crippen LogP contribution in [0.15, 0.2) is 24.3 Å². The van der Waals surface area contributed by atoms with E-state index in [0.29, 0.717) is 24.4 Å².